The van der Waals surface area contributed by atoms with Gasteiger partial charge in [0.2, 0.25) is 0 Å². The summed E-state index contributed by atoms with van der Waals surface area (Å²) in [6.07, 6.45) is 1.41. The monoisotopic (exact) mass is 483 g/mol. The van der Waals surface area contributed by atoms with Crippen LogP contribution in [0.4, 0.5) is 16.2 Å². The smallest absolute Gasteiger partial charge is 0.335 e. The van der Waals surface area contributed by atoms with Gasteiger partial charge in [-0.3, -0.25) is 19.7 Å². The molecule has 1 heterocycles. The topological polar surface area (TPSA) is 105 Å². The van der Waals surface area contributed by atoms with Crippen LogP contribution in [0.5, 0.6) is 5.75 Å². The largest absolute Gasteiger partial charge is 0.484 e. The first-order valence-corrected chi connectivity index (χ1v) is 11.3. The molecule has 0 saturated carbocycles. The van der Waals surface area contributed by atoms with Crippen molar-refractivity contribution in [3.63, 3.8) is 0 Å². The van der Waals surface area contributed by atoms with E-state index >= 15 is 0 Å². The van der Waals surface area contributed by atoms with Crippen LogP contribution in [-0.2, 0) is 14.4 Å². The number of hydrogen-bond donors (Lipinski definition) is 2. The number of hydrogen-bond acceptors (Lipinski definition) is 5. The molecule has 2 N–H and O–H groups in total. The number of anilines is 2. The average molecular weight is 484 g/mol. The van der Waals surface area contributed by atoms with Crippen LogP contribution in [0.15, 0.2) is 72.3 Å². The molecule has 1 fully saturated rings. The molecule has 1 aliphatic rings. The Labute approximate surface area is 208 Å². The van der Waals surface area contributed by atoms with Crippen LogP contribution in [0, 0.1) is 20.8 Å². The van der Waals surface area contributed by atoms with Gasteiger partial charge in [0.05, 0.1) is 5.69 Å². The fourth-order valence-corrected chi connectivity index (χ4v) is 3.57. The number of barbiturate groups is 1. The third-order valence-electron chi connectivity index (χ3n) is 5.75. The van der Waals surface area contributed by atoms with Gasteiger partial charge in [-0.1, -0.05) is 35.9 Å². The SMILES string of the molecule is Cc1ccc(NC(=O)COc2ccc(/C=C3\C(=O)NC(=O)N(c4ccc(C)c(C)c4)C3=O)cc2)cc1. The van der Waals surface area contributed by atoms with Gasteiger partial charge in [-0.15, -0.1) is 0 Å². The summed E-state index contributed by atoms with van der Waals surface area (Å²) < 4.78 is 5.53. The number of amides is 5. The molecule has 8 nitrogen and oxygen atoms in total. The lowest BCUT2D eigenvalue weighted by atomic mass is 10.1. The standard InChI is InChI=1S/C28H25N3O5/c1-17-4-9-21(10-5-17)29-25(32)16-36-23-12-7-20(8-13-23)15-24-26(33)30-28(35)31(27(24)34)22-11-6-18(2)19(3)14-22/h4-15H,16H2,1-3H3,(H,29,32)(H,30,33,35)/b24-15+. The summed E-state index contributed by atoms with van der Waals surface area (Å²) in [6, 6.07) is 18.4. The van der Waals surface area contributed by atoms with Crippen LogP contribution in [0.25, 0.3) is 6.08 Å². The molecule has 1 saturated heterocycles. The Balaban J connectivity index is 1.44. The zero-order valence-corrected chi connectivity index (χ0v) is 20.1. The van der Waals surface area contributed by atoms with Crippen LogP contribution in [0.3, 0.4) is 0 Å². The van der Waals surface area contributed by atoms with Crippen molar-refractivity contribution in [3.8, 4) is 5.75 Å². The molecule has 36 heavy (non-hydrogen) atoms. The van der Waals surface area contributed by atoms with Crippen molar-refractivity contribution in [2.45, 2.75) is 20.8 Å². The molecule has 0 spiro atoms. The Morgan fingerprint density at radius 3 is 2.28 bits per heavy atom. The van der Waals surface area contributed by atoms with Gasteiger partial charge >= 0.3 is 6.03 Å². The lowest BCUT2D eigenvalue weighted by molar-refractivity contribution is -0.122. The molecule has 0 radical (unpaired) electrons. The summed E-state index contributed by atoms with van der Waals surface area (Å²) in [4.78, 5) is 51.0. The van der Waals surface area contributed by atoms with E-state index in [1.165, 1.54) is 6.08 Å². The number of aryl methyl sites for hydroxylation is 3. The number of rotatable bonds is 6. The minimum atomic E-state index is -0.793. The highest BCUT2D eigenvalue weighted by Gasteiger charge is 2.36. The normalized spacial score (nSPS) is 14.6. The molecule has 8 heteroatoms. The van der Waals surface area contributed by atoms with E-state index in [2.05, 4.69) is 10.6 Å². The van der Waals surface area contributed by atoms with E-state index in [0.29, 0.717) is 22.7 Å². The molecular weight excluding hydrogens is 458 g/mol. The maximum Gasteiger partial charge on any atom is 0.335 e. The molecular formula is C28H25N3O5. The third-order valence-corrected chi connectivity index (χ3v) is 5.75. The van der Waals surface area contributed by atoms with Gasteiger partial charge in [0.15, 0.2) is 6.61 Å². The first-order chi connectivity index (χ1) is 17.2. The van der Waals surface area contributed by atoms with Crippen LogP contribution in [-0.4, -0.2) is 30.4 Å². The van der Waals surface area contributed by atoms with Gasteiger partial charge in [-0.05, 0) is 79.9 Å². The zero-order chi connectivity index (χ0) is 25.8. The second kappa shape index (κ2) is 10.3. The second-order valence-corrected chi connectivity index (χ2v) is 8.50. The van der Waals surface area contributed by atoms with Crippen LogP contribution in [0.2, 0.25) is 0 Å². The van der Waals surface area contributed by atoms with E-state index in [4.69, 9.17) is 4.74 Å². The highest BCUT2D eigenvalue weighted by atomic mass is 16.5. The lowest BCUT2D eigenvalue weighted by Gasteiger charge is -2.26. The van der Waals surface area contributed by atoms with Crippen LogP contribution >= 0.6 is 0 Å². The Kier molecular flexibility index (Phi) is 6.96. The maximum atomic E-state index is 13.1. The highest BCUT2D eigenvalue weighted by molar-refractivity contribution is 6.39. The number of nitrogens with one attached hydrogen (secondary N) is 2. The average Bonchev–Trinajstić information content (AvgIpc) is 2.85. The fraction of sp³-hybridized carbons (Fsp3) is 0.143. The number of urea groups is 1. The van der Waals surface area contributed by atoms with Crippen LogP contribution < -0.4 is 20.3 Å². The van der Waals surface area contributed by atoms with Crippen molar-refractivity contribution in [1.29, 1.82) is 0 Å². The minimum Gasteiger partial charge on any atom is -0.484 e. The molecule has 5 amide bonds. The predicted octanol–water partition coefficient (Wildman–Crippen LogP) is 4.30. The lowest BCUT2D eigenvalue weighted by Crippen LogP contribution is -2.54. The number of benzene rings is 3. The Morgan fingerprint density at radius 2 is 1.61 bits per heavy atom. The van der Waals surface area contributed by atoms with Gasteiger partial charge in [-0.25, -0.2) is 9.69 Å². The minimum absolute atomic E-state index is 0.168. The summed E-state index contributed by atoms with van der Waals surface area (Å²) in [7, 11) is 0. The second-order valence-electron chi connectivity index (χ2n) is 8.50. The van der Waals surface area contributed by atoms with Crippen molar-refractivity contribution < 1.29 is 23.9 Å². The number of carbonyl (C=O) groups excluding carboxylic acids is 4. The number of carbonyl (C=O) groups is 4. The van der Waals surface area contributed by atoms with Gasteiger partial charge in [-0.2, -0.15) is 0 Å². The molecule has 182 valence electrons. The zero-order valence-electron chi connectivity index (χ0n) is 20.1. The van der Waals surface area contributed by atoms with E-state index in [0.717, 1.165) is 21.6 Å². The van der Waals surface area contributed by atoms with Crippen molar-refractivity contribution >= 4 is 41.2 Å². The molecule has 3 aromatic rings. The highest BCUT2D eigenvalue weighted by Crippen LogP contribution is 2.24. The molecule has 0 unspecified atom stereocenters. The summed E-state index contributed by atoms with van der Waals surface area (Å²) in [5.41, 5.74) is 4.48. The summed E-state index contributed by atoms with van der Waals surface area (Å²) >= 11 is 0. The van der Waals surface area contributed by atoms with Crippen molar-refractivity contribution in [1.82, 2.24) is 5.32 Å². The molecule has 1 aliphatic heterocycles. The number of ether oxygens (including phenoxy) is 1. The maximum absolute atomic E-state index is 13.1. The van der Waals surface area contributed by atoms with Crippen molar-refractivity contribution in [2.24, 2.45) is 0 Å². The summed E-state index contributed by atoms with van der Waals surface area (Å²) in [6.45, 7) is 5.59. The molecule has 0 atom stereocenters. The van der Waals surface area contributed by atoms with Crippen LogP contribution in [0.1, 0.15) is 22.3 Å². The molecule has 0 aliphatic carbocycles. The van der Waals surface area contributed by atoms with Crippen molar-refractivity contribution in [3.05, 3.63) is 94.6 Å². The first kappa shape index (κ1) is 24.4. The summed E-state index contributed by atoms with van der Waals surface area (Å²) in [5, 5.41) is 4.97. The number of nitrogens with zero attached hydrogens (tertiary/aromatic N) is 1. The van der Waals surface area contributed by atoms with Gasteiger partial charge in [0.1, 0.15) is 11.3 Å². The molecule has 0 bridgehead atoms. The van der Waals surface area contributed by atoms with E-state index in [1.54, 1.807) is 36.4 Å². The quantitative estimate of drug-likeness (QED) is 0.402. The van der Waals surface area contributed by atoms with Gasteiger partial charge in [0, 0.05) is 5.69 Å². The summed E-state index contributed by atoms with van der Waals surface area (Å²) in [5.74, 6) is -1.33. The first-order valence-electron chi connectivity index (χ1n) is 11.3. The van der Waals surface area contributed by atoms with Crippen molar-refractivity contribution in [2.75, 3.05) is 16.8 Å². The Bertz CT molecular complexity index is 1380. The number of imide groups is 2. The Morgan fingerprint density at radius 1 is 0.917 bits per heavy atom. The molecule has 0 aromatic heterocycles. The van der Waals surface area contributed by atoms with Gasteiger partial charge < -0.3 is 10.1 Å². The van der Waals surface area contributed by atoms with E-state index in [1.807, 2.05) is 51.1 Å². The van der Waals surface area contributed by atoms with E-state index in [-0.39, 0.29) is 18.1 Å². The fourth-order valence-electron chi connectivity index (χ4n) is 3.57. The predicted molar refractivity (Wildman–Crippen MR) is 137 cm³/mol. The third kappa shape index (κ3) is 5.50. The van der Waals surface area contributed by atoms with Gasteiger partial charge in [0.25, 0.3) is 17.7 Å². The van der Waals surface area contributed by atoms with E-state index in [9.17, 15) is 19.2 Å². The molecule has 3 aromatic carbocycles. The van der Waals surface area contributed by atoms with E-state index < -0.39 is 17.8 Å². The molecule has 4 rings (SSSR count). The Hall–Kier alpha value is -4.72.